The van der Waals surface area contributed by atoms with Crippen molar-refractivity contribution in [2.45, 2.75) is 12.6 Å². The van der Waals surface area contributed by atoms with Crippen molar-refractivity contribution in [2.75, 3.05) is 13.2 Å². The van der Waals surface area contributed by atoms with Crippen molar-refractivity contribution in [2.24, 2.45) is 0 Å². The molecular formula is C9H8ClF3O2S. The number of halogens is 4. The number of rotatable bonds is 5. The van der Waals surface area contributed by atoms with Crippen molar-refractivity contribution in [1.82, 2.24) is 0 Å². The number of ketones is 1. The third-order valence-corrected chi connectivity index (χ3v) is 2.99. The van der Waals surface area contributed by atoms with Crippen molar-refractivity contribution in [3.05, 3.63) is 21.3 Å². The van der Waals surface area contributed by atoms with Crippen molar-refractivity contribution in [3.63, 3.8) is 0 Å². The van der Waals surface area contributed by atoms with Gasteiger partial charge in [0.25, 0.3) is 0 Å². The van der Waals surface area contributed by atoms with Gasteiger partial charge in [-0.2, -0.15) is 13.2 Å². The molecule has 0 fully saturated rings. The Balaban J connectivity index is 2.29. The second-order valence-corrected chi connectivity index (χ2v) is 4.26. The summed E-state index contributed by atoms with van der Waals surface area (Å²) >= 11 is 6.85. The van der Waals surface area contributed by atoms with E-state index in [1.54, 1.807) is 11.4 Å². The molecule has 0 atom stereocenters. The van der Waals surface area contributed by atoms with E-state index >= 15 is 0 Å². The van der Waals surface area contributed by atoms with Gasteiger partial charge in [-0.05, 0) is 11.4 Å². The van der Waals surface area contributed by atoms with Crippen molar-refractivity contribution >= 4 is 28.7 Å². The summed E-state index contributed by atoms with van der Waals surface area (Å²) in [5.41, 5.74) is 0. The minimum atomic E-state index is -4.36. The van der Waals surface area contributed by atoms with Crippen molar-refractivity contribution in [1.29, 1.82) is 0 Å². The monoisotopic (exact) mass is 272 g/mol. The highest BCUT2D eigenvalue weighted by atomic mass is 35.5. The van der Waals surface area contributed by atoms with Crippen LogP contribution in [0.4, 0.5) is 13.2 Å². The lowest BCUT2D eigenvalue weighted by Crippen LogP contribution is -2.18. The molecule has 0 saturated heterocycles. The molecule has 1 aromatic rings. The first-order valence-corrected chi connectivity index (χ1v) is 5.56. The zero-order valence-corrected chi connectivity index (χ0v) is 9.59. The van der Waals surface area contributed by atoms with Crippen LogP contribution in [-0.2, 0) is 4.74 Å². The van der Waals surface area contributed by atoms with E-state index in [9.17, 15) is 18.0 Å². The Kier molecular flexibility index (Phi) is 4.76. The summed E-state index contributed by atoms with van der Waals surface area (Å²) in [6.07, 6.45) is -4.46. The summed E-state index contributed by atoms with van der Waals surface area (Å²) in [7, 11) is 0. The Morgan fingerprint density at radius 1 is 1.50 bits per heavy atom. The lowest BCUT2D eigenvalue weighted by molar-refractivity contribution is -0.173. The molecule has 0 amide bonds. The first kappa shape index (κ1) is 13.5. The van der Waals surface area contributed by atoms with Crippen LogP contribution < -0.4 is 0 Å². The summed E-state index contributed by atoms with van der Waals surface area (Å²) < 4.78 is 39.4. The maximum atomic E-state index is 11.7. The fourth-order valence-electron chi connectivity index (χ4n) is 0.959. The molecule has 90 valence electrons. The number of carbonyl (C=O) groups is 1. The van der Waals surface area contributed by atoms with E-state index in [-0.39, 0.29) is 18.8 Å². The topological polar surface area (TPSA) is 26.3 Å². The lowest BCUT2D eigenvalue weighted by atomic mass is 10.2. The van der Waals surface area contributed by atoms with E-state index in [0.717, 1.165) is 11.3 Å². The Morgan fingerprint density at radius 2 is 2.19 bits per heavy atom. The summed E-state index contributed by atoms with van der Waals surface area (Å²) in [6, 6.07) is 1.57. The van der Waals surface area contributed by atoms with Gasteiger partial charge in [-0.25, -0.2) is 0 Å². The van der Waals surface area contributed by atoms with Crippen LogP contribution in [0.3, 0.4) is 0 Å². The molecule has 0 unspecified atom stereocenters. The standard InChI is InChI=1S/C9H8ClF3O2S/c10-6-2-4-16-8(6)7(14)1-3-15-5-9(11,12)13/h2,4H,1,3,5H2. The van der Waals surface area contributed by atoms with E-state index < -0.39 is 12.8 Å². The molecule has 0 aliphatic carbocycles. The molecule has 0 spiro atoms. The molecule has 0 aliphatic heterocycles. The van der Waals surface area contributed by atoms with Crippen LogP contribution in [0.2, 0.25) is 5.02 Å². The van der Waals surface area contributed by atoms with Gasteiger partial charge in [0.05, 0.1) is 16.5 Å². The highest BCUT2D eigenvalue weighted by Gasteiger charge is 2.27. The molecule has 2 nitrogen and oxygen atoms in total. The normalized spacial score (nSPS) is 11.8. The van der Waals surface area contributed by atoms with Gasteiger partial charge in [0.15, 0.2) is 5.78 Å². The van der Waals surface area contributed by atoms with Gasteiger partial charge in [-0.15, -0.1) is 11.3 Å². The quantitative estimate of drug-likeness (QED) is 0.605. The smallest absolute Gasteiger partial charge is 0.372 e. The summed E-state index contributed by atoms with van der Waals surface area (Å²) in [6.45, 7) is -1.59. The Labute approximate surface area is 99.0 Å². The minimum absolute atomic E-state index is 0.101. The first-order valence-electron chi connectivity index (χ1n) is 4.31. The van der Waals surface area contributed by atoms with E-state index in [1.165, 1.54) is 0 Å². The maximum Gasteiger partial charge on any atom is 0.411 e. The molecule has 7 heteroatoms. The number of Topliss-reactive ketones (excluding diaryl/α,β-unsaturated/α-hetero) is 1. The van der Waals surface area contributed by atoms with E-state index in [4.69, 9.17) is 11.6 Å². The van der Waals surface area contributed by atoms with E-state index in [2.05, 4.69) is 4.74 Å². The molecule has 16 heavy (non-hydrogen) atoms. The van der Waals surface area contributed by atoms with Crippen LogP contribution in [0.5, 0.6) is 0 Å². The highest BCUT2D eigenvalue weighted by molar-refractivity contribution is 7.12. The number of thiophene rings is 1. The third kappa shape index (κ3) is 4.51. The maximum absolute atomic E-state index is 11.7. The first-order chi connectivity index (χ1) is 7.40. The largest absolute Gasteiger partial charge is 0.411 e. The lowest BCUT2D eigenvalue weighted by Gasteiger charge is -2.06. The molecule has 1 rings (SSSR count). The average Bonchev–Trinajstić information content (AvgIpc) is 2.57. The highest BCUT2D eigenvalue weighted by Crippen LogP contribution is 2.23. The number of carbonyl (C=O) groups excluding carboxylic acids is 1. The Bertz CT molecular complexity index is 362. The third-order valence-electron chi connectivity index (χ3n) is 1.61. The molecule has 0 saturated carbocycles. The predicted molar refractivity (Wildman–Crippen MR) is 55.2 cm³/mol. The zero-order valence-electron chi connectivity index (χ0n) is 8.01. The fraction of sp³-hybridized carbons (Fsp3) is 0.444. The van der Waals surface area contributed by atoms with Gasteiger partial charge >= 0.3 is 6.18 Å². The van der Waals surface area contributed by atoms with Crippen molar-refractivity contribution in [3.8, 4) is 0 Å². The Morgan fingerprint density at radius 3 is 2.69 bits per heavy atom. The summed E-state index contributed by atoms with van der Waals surface area (Å²) in [4.78, 5) is 11.8. The molecule has 0 radical (unpaired) electrons. The number of hydrogen-bond acceptors (Lipinski definition) is 3. The van der Waals surface area contributed by atoms with Gasteiger partial charge in [-0.1, -0.05) is 11.6 Å². The molecular weight excluding hydrogens is 265 g/mol. The van der Waals surface area contributed by atoms with E-state index in [0.29, 0.717) is 9.90 Å². The number of alkyl halides is 3. The minimum Gasteiger partial charge on any atom is -0.372 e. The van der Waals surface area contributed by atoms with Gasteiger partial charge in [0.1, 0.15) is 6.61 Å². The van der Waals surface area contributed by atoms with Crippen LogP contribution in [-0.4, -0.2) is 25.2 Å². The van der Waals surface area contributed by atoms with Crippen LogP contribution in [0, 0.1) is 0 Å². The van der Waals surface area contributed by atoms with Gasteiger partial charge in [-0.3, -0.25) is 4.79 Å². The van der Waals surface area contributed by atoms with E-state index in [1.807, 2.05) is 0 Å². The number of ether oxygens (including phenoxy) is 1. The summed E-state index contributed by atoms with van der Waals surface area (Å²) in [5.74, 6) is -0.304. The molecule has 0 aliphatic rings. The fourth-order valence-corrected chi connectivity index (χ4v) is 2.09. The van der Waals surface area contributed by atoms with Gasteiger partial charge in [0, 0.05) is 6.42 Å². The average molecular weight is 273 g/mol. The molecule has 0 N–H and O–H groups in total. The Hall–Kier alpha value is -0.590. The zero-order chi connectivity index (χ0) is 12.2. The SMILES string of the molecule is O=C(CCOCC(F)(F)F)c1sccc1Cl. The molecule has 1 aromatic heterocycles. The molecule has 0 bridgehead atoms. The number of hydrogen-bond donors (Lipinski definition) is 0. The molecule has 1 heterocycles. The van der Waals surface area contributed by atoms with Crippen LogP contribution in [0.1, 0.15) is 16.1 Å². The van der Waals surface area contributed by atoms with Crippen LogP contribution in [0.15, 0.2) is 11.4 Å². The molecule has 0 aromatic carbocycles. The van der Waals surface area contributed by atoms with Crippen molar-refractivity contribution < 1.29 is 22.7 Å². The second kappa shape index (κ2) is 5.65. The second-order valence-electron chi connectivity index (χ2n) is 2.94. The van der Waals surface area contributed by atoms with Crippen LogP contribution >= 0.6 is 22.9 Å². The summed E-state index contributed by atoms with van der Waals surface area (Å²) in [5, 5.41) is 1.97. The predicted octanol–water partition coefficient (Wildman–Crippen LogP) is 3.55. The van der Waals surface area contributed by atoms with Gasteiger partial charge in [0.2, 0.25) is 0 Å². The van der Waals surface area contributed by atoms with Crippen LogP contribution in [0.25, 0.3) is 0 Å². The van der Waals surface area contributed by atoms with Gasteiger partial charge < -0.3 is 4.74 Å².